The first kappa shape index (κ1) is 11.5. The second-order valence-electron chi connectivity index (χ2n) is 4.59. The van der Waals surface area contributed by atoms with Gasteiger partial charge in [-0.2, -0.15) is 0 Å². The number of hydrogen-bond donors (Lipinski definition) is 1. The van der Waals surface area contributed by atoms with Crippen LogP contribution in [0.1, 0.15) is 31.9 Å². The number of aromatic nitrogens is 3. The van der Waals surface area contributed by atoms with Gasteiger partial charge < -0.3 is 14.4 Å². The van der Waals surface area contributed by atoms with E-state index in [1.165, 1.54) is 0 Å². The molecule has 1 aromatic rings. The van der Waals surface area contributed by atoms with Crippen molar-refractivity contribution in [3.8, 4) is 0 Å². The largest absolute Gasteiger partial charge is 0.396 e. The molecule has 0 saturated heterocycles. The third kappa shape index (κ3) is 2.41. The van der Waals surface area contributed by atoms with Gasteiger partial charge in [0, 0.05) is 25.5 Å². The number of ether oxygens (including phenoxy) is 1. The molecule has 0 aliphatic carbocycles. The van der Waals surface area contributed by atoms with Gasteiger partial charge in [-0.25, -0.2) is 0 Å². The Labute approximate surface area is 95.4 Å². The van der Waals surface area contributed by atoms with E-state index in [0.717, 1.165) is 31.0 Å². The minimum atomic E-state index is 0.199. The molecular formula is C11H19N3O2. The average Bonchev–Trinajstić information content (AvgIpc) is 2.68. The minimum Gasteiger partial charge on any atom is -0.396 e. The number of aliphatic hydroxyl groups is 1. The van der Waals surface area contributed by atoms with Gasteiger partial charge in [0.05, 0.1) is 6.10 Å². The molecule has 1 N–H and O–H groups in total. The van der Waals surface area contributed by atoms with Gasteiger partial charge >= 0.3 is 0 Å². The van der Waals surface area contributed by atoms with Crippen LogP contribution >= 0.6 is 0 Å². The van der Waals surface area contributed by atoms with Crippen molar-refractivity contribution in [2.24, 2.45) is 5.92 Å². The maximum atomic E-state index is 9.18. The molecule has 0 spiro atoms. The van der Waals surface area contributed by atoms with Crippen LogP contribution in [-0.4, -0.2) is 32.6 Å². The molecule has 0 fully saturated rings. The van der Waals surface area contributed by atoms with E-state index >= 15 is 0 Å². The summed E-state index contributed by atoms with van der Waals surface area (Å²) in [5, 5.41) is 17.5. The molecule has 2 heterocycles. The number of nitrogens with zero attached hydrogens (tertiary/aromatic N) is 3. The van der Waals surface area contributed by atoms with E-state index in [-0.39, 0.29) is 12.7 Å². The minimum absolute atomic E-state index is 0.199. The summed E-state index contributed by atoms with van der Waals surface area (Å²) in [6.07, 6.45) is 2.10. The lowest BCUT2D eigenvalue weighted by Crippen LogP contribution is -2.24. The molecule has 1 aliphatic heterocycles. The zero-order valence-corrected chi connectivity index (χ0v) is 9.89. The molecule has 0 saturated carbocycles. The van der Waals surface area contributed by atoms with Crippen LogP contribution in [0.3, 0.4) is 0 Å². The van der Waals surface area contributed by atoms with E-state index in [0.29, 0.717) is 12.5 Å². The number of hydrogen-bond acceptors (Lipinski definition) is 4. The second kappa shape index (κ2) is 4.93. The van der Waals surface area contributed by atoms with E-state index in [1.807, 2.05) is 13.8 Å². The molecule has 90 valence electrons. The summed E-state index contributed by atoms with van der Waals surface area (Å²) in [4.78, 5) is 0. The van der Waals surface area contributed by atoms with Gasteiger partial charge in [0.1, 0.15) is 12.4 Å². The van der Waals surface area contributed by atoms with Crippen molar-refractivity contribution in [3.63, 3.8) is 0 Å². The highest BCUT2D eigenvalue weighted by molar-refractivity contribution is 4.99. The lowest BCUT2D eigenvalue weighted by atomic mass is 10.0. The number of fused-ring (bicyclic) bond motifs is 1. The fourth-order valence-corrected chi connectivity index (χ4v) is 1.95. The summed E-state index contributed by atoms with van der Waals surface area (Å²) in [5.74, 6) is 2.23. The Morgan fingerprint density at radius 3 is 3.00 bits per heavy atom. The molecule has 1 atom stereocenters. The van der Waals surface area contributed by atoms with Crippen molar-refractivity contribution in [2.75, 3.05) is 6.61 Å². The molecule has 2 rings (SSSR count). The third-order valence-corrected chi connectivity index (χ3v) is 2.92. The van der Waals surface area contributed by atoms with Crippen molar-refractivity contribution in [2.45, 2.75) is 45.9 Å². The maximum Gasteiger partial charge on any atom is 0.159 e. The molecule has 5 heteroatoms. The number of rotatable bonds is 4. The van der Waals surface area contributed by atoms with Crippen LogP contribution in [0.4, 0.5) is 0 Å². The van der Waals surface area contributed by atoms with Crippen LogP contribution in [0.2, 0.25) is 0 Å². The molecule has 16 heavy (non-hydrogen) atoms. The molecular weight excluding hydrogens is 206 g/mol. The zero-order valence-electron chi connectivity index (χ0n) is 9.89. The number of aryl methyl sites for hydroxylation is 1. The Kier molecular flexibility index (Phi) is 3.56. The highest BCUT2D eigenvalue weighted by Crippen LogP contribution is 2.20. The predicted octanol–water partition coefficient (Wildman–Crippen LogP) is 0.758. The van der Waals surface area contributed by atoms with Crippen molar-refractivity contribution in [1.29, 1.82) is 0 Å². The van der Waals surface area contributed by atoms with E-state index in [1.54, 1.807) is 0 Å². The van der Waals surface area contributed by atoms with Crippen LogP contribution in [-0.2, 0) is 24.3 Å². The predicted molar refractivity (Wildman–Crippen MR) is 58.8 cm³/mol. The fourth-order valence-electron chi connectivity index (χ4n) is 1.95. The Morgan fingerprint density at radius 2 is 2.31 bits per heavy atom. The van der Waals surface area contributed by atoms with Gasteiger partial charge in [-0.3, -0.25) is 0 Å². The molecule has 0 aromatic carbocycles. The van der Waals surface area contributed by atoms with Crippen LogP contribution in [0.15, 0.2) is 0 Å². The lowest BCUT2D eigenvalue weighted by Gasteiger charge is -2.22. The monoisotopic (exact) mass is 225 g/mol. The number of aliphatic hydroxyl groups excluding tert-OH is 1. The maximum absolute atomic E-state index is 9.18. The Balaban J connectivity index is 2.07. The van der Waals surface area contributed by atoms with Gasteiger partial charge in [0.15, 0.2) is 5.82 Å². The molecule has 0 bridgehead atoms. The smallest absolute Gasteiger partial charge is 0.159 e. The summed E-state index contributed by atoms with van der Waals surface area (Å²) in [7, 11) is 0. The van der Waals surface area contributed by atoms with Gasteiger partial charge in [0.25, 0.3) is 0 Å². The van der Waals surface area contributed by atoms with Crippen LogP contribution in [0.25, 0.3) is 0 Å². The molecule has 0 amide bonds. The fraction of sp³-hybridized carbons (Fsp3) is 0.818. The summed E-state index contributed by atoms with van der Waals surface area (Å²) < 4.78 is 7.63. The van der Waals surface area contributed by atoms with Gasteiger partial charge in [-0.05, 0) is 20.3 Å². The topological polar surface area (TPSA) is 60.2 Å². The lowest BCUT2D eigenvalue weighted by molar-refractivity contribution is 0.0578. The quantitative estimate of drug-likeness (QED) is 0.821. The summed E-state index contributed by atoms with van der Waals surface area (Å²) >= 11 is 0. The Bertz CT molecular complexity index is 349. The Morgan fingerprint density at radius 1 is 1.50 bits per heavy atom. The standard InChI is InChI=1S/C11H19N3O2/c1-8(2)16-7-11-13-12-10-4-3-9(6-15)5-14(10)11/h8-9,15H,3-7H2,1-2H3. The molecule has 1 aromatic heterocycles. The summed E-state index contributed by atoms with van der Waals surface area (Å²) in [6.45, 7) is 5.56. The highest BCUT2D eigenvalue weighted by atomic mass is 16.5. The van der Waals surface area contributed by atoms with Crippen molar-refractivity contribution in [1.82, 2.24) is 14.8 Å². The van der Waals surface area contributed by atoms with Gasteiger partial charge in [-0.15, -0.1) is 10.2 Å². The molecule has 1 aliphatic rings. The summed E-state index contributed by atoms with van der Waals surface area (Å²) in [6, 6.07) is 0. The molecule has 0 radical (unpaired) electrons. The first-order valence-electron chi connectivity index (χ1n) is 5.84. The van der Waals surface area contributed by atoms with Gasteiger partial charge in [-0.1, -0.05) is 0 Å². The van der Waals surface area contributed by atoms with Crippen LogP contribution in [0.5, 0.6) is 0 Å². The van der Waals surface area contributed by atoms with E-state index in [2.05, 4.69) is 14.8 Å². The van der Waals surface area contributed by atoms with Crippen LogP contribution < -0.4 is 0 Å². The normalized spacial score (nSPS) is 20.1. The van der Waals surface area contributed by atoms with Gasteiger partial charge in [0.2, 0.25) is 0 Å². The SMILES string of the molecule is CC(C)OCc1nnc2n1CC(CO)CC2. The molecule has 1 unspecified atom stereocenters. The van der Waals surface area contributed by atoms with Crippen LogP contribution in [0, 0.1) is 5.92 Å². The zero-order chi connectivity index (χ0) is 11.5. The first-order chi connectivity index (χ1) is 7.70. The van der Waals surface area contributed by atoms with E-state index in [9.17, 15) is 5.11 Å². The third-order valence-electron chi connectivity index (χ3n) is 2.92. The molecule has 5 nitrogen and oxygen atoms in total. The highest BCUT2D eigenvalue weighted by Gasteiger charge is 2.22. The first-order valence-corrected chi connectivity index (χ1v) is 5.84. The van der Waals surface area contributed by atoms with Crippen molar-refractivity contribution < 1.29 is 9.84 Å². The van der Waals surface area contributed by atoms with E-state index < -0.39 is 0 Å². The van der Waals surface area contributed by atoms with Crippen molar-refractivity contribution in [3.05, 3.63) is 11.6 Å². The Hall–Kier alpha value is -0.940. The van der Waals surface area contributed by atoms with Crippen molar-refractivity contribution >= 4 is 0 Å². The average molecular weight is 225 g/mol. The summed E-state index contributed by atoms with van der Waals surface area (Å²) in [5.41, 5.74) is 0. The van der Waals surface area contributed by atoms with E-state index in [4.69, 9.17) is 4.74 Å². The second-order valence-corrected chi connectivity index (χ2v) is 4.59.